The molecule has 2 saturated heterocycles. The van der Waals surface area contributed by atoms with E-state index in [9.17, 15) is 4.79 Å². The fourth-order valence-electron chi connectivity index (χ4n) is 4.90. The van der Waals surface area contributed by atoms with Crippen molar-refractivity contribution < 1.29 is 9.53 Å². The lowest BCUT2D eigenvalue weighted by Crippen LogP contribution is -2.52. The quantitative estimate of drug-likeness (QED) is 0.704. The van der Waals surface area contributed by atoms with Gasteiger partial charge in [-0.2, -0.15) is 20.5 Å². The molecule has 0 saturated carbocycles. The van der Waals surface area contributed by atoms with Crippen molar-refractivity contribution in [3.63, 3.8) is 0 Å². The third kappa shape index (κ3) is 3.59. The van der Waals surface area contributed by atoms with Crippen molar-refractivity contribution in [1.29, 1.82) is 0 Å². The van der Waals surface area contributed by atoms with Crippen LogP contribution in [-0.2, 0) is 18.3 Å². The maximum absolute atomic E-state index is 13.5. The molecule has 0 radical (unpaired) electrons. The Hall–Kier alpha value is -2.78. The van der Waals surface area contributed by atoms with Crippen molar-refractivity contribution in [1.82, 2.24) is 35.0 Å². The largest absolute Gasteiger partial charge is 0.379 e. The van der Waals surface area contributed by atoms with Crippen molar-refractivity contribution in [3.05, 3.63) is 41.9 Å². The summed E-state index contributed by atoms with van der Waals surface area (Å²) in [5.74, 6) is 0.0122. The number of fused-ring (bicyclic) bond motifs is 1. The fraction of sp³-hybridized carbons (Fsp3) is 0.524. The normalized spacial score (nSPS) is 23.2. The average molecular weight is 409 g/mol. The van der Waals surface area contributed by atoms with Gasteiger partial charge in [0.15, 0.2) is 5.69 Å². The summed E-state index contributed by atoms with van der Waals surface area (Å²) in [6.45, 7) is 5.29. The first kappa shape index (κ1) is 19.2. The summed E-state index contributed by atoms with van der Waals surface area (Å²) in [6, 6.07) is 7.90. The number of nitrogens with one attached hydrogen (secondary N) is 1. The lowest BCUT2D eigenvalue weighted by Gasteiger charge is -2.43. The Kier molecular flexibility index (Phi) is 5.00. The van der Waals surface area contributed by atoms with Gasteiger partial charge in [0, 0.05) is 50.6 Å². The minimum absolute atomic E-state index is 0.0122. The minimum Gasteiger partial charge on any atom is -0.379 e. The van der Waals surface area contributed by atoms with Crippen LogP contribution in [0.15, 0.2) is 30.5 Å². The number of likely N-dealkylation sites (tertiary alicyclic amines) is 1. The van der Waals surface area contributed by atoms with Crippen molar-refractivity contribution >= 4 is 16.8 Å². The number of piperidine rings is 1. The van der Waals surface area contributed by atoms with E-state index in [1.54, 1.807) is 10.9 Å². The number of para-hydroxylation sites is 1. The summed E-state index contributed by atoms with van der Waals surface area (Å²) < 4.78 is 7.79. The van der Waals surface area contributed by atoms with Gasteiger partial charge < -0.3 is 9.64 Å². The number of H-pyrrole nitrogens is 1. The highest BCUT2D eigenvalue weighted by Crippen LogP contribution is 2.34. The zero-order valence-electron chi connectivity index (χ0n) is 17.3. The van der Waals surface area contributed by atoms with Crippen molar-refractivity contribution in [3.8, 4) is 0 Å². The number of aromatic amines is 1. The first-order valence-corrected chi connectivity index (χ1v) is 10.5. The van der Waals surface area contributed by atoms with E-state index in [0.717, 1.165) is 55.6 Å². The Morgan fingerprint density at radius 2 is 2.17 bits per heavy atom. The molecular formula is C21H27N7O2. The minimum atomic E-state index is -0.0707. The highest BCUT2D eigenvalue weighted by atomic mass is 16.5. The number of ether oxygens (including phenoxy) is 1. The van der Waals surface area contributed by atoms with Crippen LogP contribution in [0.25, 0.3) is 10.9 Å². The van der Waals surface area contributed by atoms with E-state index in [1.807, 2.05) is 36.2 Å². The molecule has 1 unspecified atom stereocenters. The van der Waals surface area contributed by atoms with Crippen LogP contribution in [0.4, 0.5) is 0 Å². The molecule has 1 spiro atoms. The first-order chi connectivity index (χ1) is 14.6. The molecule has 1 aromatic carbocycles. The number of amides is 1. The SMILES string of the molecule is Cn1nc(C(=O)N2CCCC3(COCCN(Cc4cn[nH]n4)C3)C2)c2ccccc21. The molecule has 1 amide bonds. The van der Waals surface area contributed by atoms with Crippen molar-refractivity contribution in [2.24, 2.45) is 12.5 Å². The van der Waals surface area contributed by atoms with E-state index in [4.69, 9.17) is 4.74 Å². The van der Waals surface area contributed by atoms with Crippen LogP contribution in [0, 0.1) is 5.41 Å². The maximum atomic E-state index is 13.5. The van der Waals surface area contributed by atoms with Gasteiger partial charge in [0.25, 0.3) is 5.91 Å². The summed E-state index contributed by atoms with van der Waals surface area (Å²) in [5.41, 5.74) is 2.37. The highest BCUT2D eigenvalue weighted by Gasteiger charge is 2.41. The molecule has 1 N–H and O–H groups in total. The van der Waals surface area contributed by atoms with E-state index < -0.39 is 0 Å². The standard InChI is InChI=1S/C21H27N7O2/c1-26-18-6-3-2-5-17(18)19(24-26)20(29)28-8-4-7-21(14-28)13-27(9-10-30-15-21)12-16-11-22-25-23-16/h2-3,5-6,11H,4,7-10,12-15H2,1H3,(H,22,23,25). The zero-order valence-corrected chi connectivity index (χ0v) is 17.3. The van der Waals surface area contributed by atoms with Crippen LogP contribution >= 0.6 is 0 Å². The molecule has 9 heteroatoms. The summed E-state index contributed by atoms with van der Waals surface area (Å²) in [6.07, 6.45) is 3.79. The molecule has 1 atom stereocenters. The molecular weight excluding hydrogens is 382 g/mol. The molecule has 0 aliphatic carbocycles. The molecule has 30 heavy (non-hydrogen) atoms. The number of aromatic nitrogens is 5. The number of hydrogen-bond donors (Lipinski definition) is 1. The first-order valence-electron chi connectivity index (χ1n) is 10.5. The van der Waals surface area contributed by atoms with E-state index in [1.165, 1.54) is 0 Å². The van der Waals surface area contributed by atoms with Crippen molar-refractivity contribution in [2.75, 3.05) is 39.4 Å². The summed E-state index contributed by atoms with van der Waals surface area (Å²) >= 11 is 0. The van der Waals surface area contributed by atoms with Gasteiger partial charge in [0.2, 0.25) is 0 Å². The smallest absolute Gasteiger partial charge is 0.275 e. The number of carbonyl (C=O) groups excluding carboxylic acids is 1. The topological polar surface area (TPSA) is 92.2 Å². The molecule has 2 fully saturated rings. The monoisotopic (exact) mass is 409 g/mol. The fourth-order valence-corrected chi connectivity index (χ4v) is 4.90. The molecule has 2 aliphatic heterocycles. The number of carbonyl (C=O) groups is 1. The van der Waals surface area contributed by atoms with Gasteiger partial charge in [0.05, 0.1) is 30.6 Å². The van der Waals surface area contributed by atoms with Gasteiger partial charge in [-0.25, -0.2) is 0 Å². The lowest BCUT2D eigenvalue weighted by atomic mass is 9.80. The summed E-state index contributed by atoms with van der Waals surface area (Å²) in [4.78, 5) is 17.8. The number of nitrogens with zero attached hydrogens (tertiary/aromatic N) is 6. The Morgan fingerprint density at radius 3 is 3.03 bits per heavy atom. The summed E-state index contributed by atoms with van der Waals surface area (Å²) in [7, 11) is 1.89. The molecule has 5 rings (SSSR count). The number of rotatable bonds is 3. The molecule has 158 valence electrons. The Labute approximate surface area is 175 Å². The van der Waals surface area contributed by atoms with E-state index in [-0.39, 0.29) is 11.3 Å². The zero-order chi connectivity index (χ0) is 20.6. The Bertz CT molecular complexity index is 1030. The lowest BCUT2D eigenvalue weighted by molar-refractivity contribution is 0.00671. The molecule has 4 heterocycles. The molecule has 9 nitrogen and oxygen atoms in total. The number of benzene rings is 1. The van der Waals surface area contributed by atoms with Crippen LogP contribution in [0.2, 0.25) is 0 Å². The Balaban J connectivity index is 1.37. The van der Waals surface area contributed by atoms with Crippen LogP contribution in [0.3, 0.4) is 0 Å². The van der Waals surface area contributed by atoms with Crippen LogP contribution < -0.4 is 0 Å². The number of hydrogen-bond acceptors (Lipinski definition) is 6. The average Bonchev–Trinajstić information content (AvgIpc) is 3.34. The Morgan fingerprint density at radius 1 is 1.27 bits per heavy atom. The van der Waals surface area contributed by atoms with Crippen molar-refractivity contribution in [2.45, 2.75) is 19.4 Å². The predicted molar refractivity (Wildman–Crippen MR) is 111 cm³/mol. The van der Waals surface area contributed by atoms with E-state index in [2.05, 4.69) is 25.4 Å². The molecule has 2 aromatic heterocycles. The van der Waals surface area contributed by atoms with Gasteiger partial charge in [0.1, 0.15) is 0 Å². The third-order valence-corrected chi connectivity index (χ3v) is 6.28. The second-order valence-electron chi connectivity index (χ2n) is 8.54. The van der Waals surface area contributed by atoms with E-state index in [0.29, 0.717) is 25.5 Å². The summed E-state index contributed by atoms with van der Waals surface area (Å²) in [5, 5.41) is 16.3. The van der Waals surface area contributed by atoms with Gasteiger partial charge in [-0.1, -0.05) is 18.2 Å². The highest BCUT2D eigenvalue weighted by molar-refractivity contribution is 6.04. The molecule has 2 aliphatic rings. The molecule has 0 bridgehead atoms. The van der Waals surface area contributed by atoms with Crippen LogP contribution in [0.1, 0.15) is 29.0 Å². The van der Waals surface area contributed by atoms with Crippen LogP contribution in [0.5, 0.6) is 0 Å². The maximum Gasteiger partial charge on any atom is 0.275 e. The third-order valence-electron chi connectivity index (χ3n) is 6.28. The number of aryl methyl sites for hydroxylation is 1. The molecule has 3 aromatic rings. The van der Waals surface area contributed by atoms with Gasteiger partial charge >= 0.3 is 0 Å². The van der Waals surface area contributed by atoms with Crippen LogP contribution in [-0.4, -0.2) is 80.3 Å². The van der Waals surface area contributed by atoms with Gasteiger partial charge in [-0.3, -0.25) is 14.4 Å². The van der Waals surface area contributed by atoms with Gasteiger partial charge in [-0.15, -0.1) is 0 Å². The van der Waals surface area contributed by atoms with Gasteiger partial charge in [-0.05, 0) is 18.9 Å². The second-order valence-corrected chi connectivity index (χ2v) is 8.54. The van der Waals surface area contributed by atoms with E-state index >= 15 is 0 Å². The predicted octanol–water partition coefficient (Wildman–Crippen LogP) is 1.45. The second kappa shape index (κ2) is 7.81.